The number of hydrogen-bond donors (Lipinski definition) is 0. The van der Waals surface area contributed by atoms with Crippen molar-refractivity contribution in [2.75, 3.05) is 36.0 Å². The van der Waals surface area contributed by atoms with Crippen molar-refractivity contribution in [3.63, 3.8) is 0 Å². The maximum absolute atomic E-state index is 11.5. The van der Waals surface area contributed by atoms with Gasteiger partial charge < -0.3 is 19.9 Å². The van der Waals surface area contributed by atoms with Gasteiger partial charge in [0.25, 0.3) is 0 Å². The van der Waals surface area contributed by atoms with E-state index in [4.69, 9.17) is 0 Å². The summed E-state index contributed by atoms with van der Waals surface area (Å²) in [4.78, 5) is 28.1. The minimum Gasteiger partial charge on any atom is -0.358 e. The van der Waals surface area contributed by atoms with Crippen molar-refractivity contribution in [2.45, 2.75) is 0 Å². The van der Waals surface area contributed by atoms with Crippen LogP contribution in [0.3, 0.4) is 0 Å². The molecule has 9 heteroatoms. The summed E-state index contributed by atoms with van der Waals surface area (Å²) in [5.41, 5.74) is 0.579. The molecule has 0 saturated carbocycles. The first-order valence-electron chi connectivity index (χ1n) is 7.61. The monoisotopic (exact) mass is 325 g/mol. The van der Waals surface area contributed by atoms with E-state index in [1.165, 1.54) is 4.40 Å². The summed E-state index contributed by atoms with van der Waals surface area (Å²) >= 11 is 0. The van der Waals surface area contributed by atoms with E-state index in [9.17, 15) is 10.1 Å². The van der Waals surface area contributed by atoms with E-state index in [-0.39, 0.29) is 10.7 Å². The lowest BCUT2D eigenvalue weighted by Crippen LogP contribution is -2.47. The molecule has 0 unspecified atom stereocenters. The largest absolute Gasteiger partial charge is 0.372 e. The number of rotatable bonds is 3. The van der Waals surface area contributed by atoms with Gasteiger partial charge in [0, 0.05) is 44.6 Å². The number of fused-ring (bicyclic) bond motifs is 1. The Morgan fingerprint density at radius 1 is 1.08 bits per heavy atom. The normalized spacial score (nSPS) is 15.0. The lowest BCUT2D eigenvalue weighted by atomic mass is 10.3. The molecule has 0 amide bonds. The Bertz CT molecular complexity index is 872. The minimum absolute atomic E-state index is 0.0125. The van der Waals surface area contributed by atoms with E-state index in [1.54, 1.807) is 36.9 Å². The van der Waals surface area contributed by atoms with E-state index in [1.807, 2.05) is 11.0 Å². The van der Waals surface area contributed by atoms with Crippen LogP contribution in [0, 0.1) is 10.1 Å². The van der Waals surface area contributed by atoms with Crippen molar-refractivity contribution >= 4 is 23.1 Å². The molecule has 0 radical (unpaired) electrons. The Kier molecular flexibility index (Phi) is 3.45. The molecule has 0 atom stereocenters. The maximum atomic E-state index is 11.5. The lowest BCUT2D eigenvalue weighted by Gasteiger charge is -2.34. The molecule has 122 valence electrons. The van der Waals surface area contributed by atoms with Gasteiger partial charge in [0.05, 0.1) is 12.4 Å². The lowest BCUT2D eigenvalue weighted by molar-refractivity contribution is -0.389. The van der Waals surface area contributed by atoms with Gasteiger partial charge in [-0.1, -0.05) is 6.07 Å². The number of anilines is 2. The molecule has 1 aliphatic rings. The van der Waals surface area contributed by atoms with Crippen LogP contribution in [0.1, 0.15) is 0 Å². The van der Waals surface area contributed by atoms with Gasteiger partial charge in [-0.25, -0.2) is 4.98 Å². The zero-order chi connectivity index (χ0) is 16.5. The van der Waals surface area contributed by atoms with Crippen LogP contribution in [0.4, 0.5) is 17.5 Å². The molecular weight excluding hydrogens is 310 g/mol. The van der Waals surface area contributed by atoms with Crippen LogP contribution in [0.15, 0.2) is 43.0 Å². The summed E-state index contributed by atoms with van der Waals surface area (Å²) < 4.78 is 1.52. The van der Waals surface area contributed by atoms with Gasteiger partial charge in [-0.3, -0.25) is 4.98 Å². The van der Waals surface area contributed by atoms with Crippen LogP contribution in [-0.2, 0) is 0 Å². The number of pyridine rings is 1. The highest BCUT2D eigenvalue weighted by Crippen LogP contribution is 2.29. The van der Waals surface area contributed by atoms with E-state index in [2.05, 4.69) is 19.9 Å². The second-order valence-electron chi connectivity index (χ2n) is 5.48. The number of imidazole rings is 1. The Hall–Kier alpha value is -3.23. The molecule has 0 aliphatic carbocycles. The Morgan fingerprint density at radius 3 is 2.58 bits per heavy atom. The SMILES string of the molecule is O=[N+]([O-])c1c(N2CCN(c3cnccn3)CC2)nc2ccccn12. The molecule has 0 N–H and O–H groups in total. The van der Waals surface area contributed by atoms with Gasteiger partial charge in [-0.05, 0) is 11.0 Å². The average molecular weight is 325 g/mol. The van der Waals surface area contributed by atoms with Gasteiger partial charge in [-0.2, -0.15) is 9.38 Å². The second kappa shape index (κ2) is 5.76. The molecule has 0 aromatic carbocycles. The molecule has 24 heavy (non-hydrogen) atoms. The molecule has 1 aliphatic heterocycles. The van der Waals surface area contributed by atoms with Gasteiger partial charge >= 0.3 is 5.82 Å². The number of nitro groups is 1. The highest BCUT2D eigenvalue weighted by Gasteiger charge is 2.29. The summed E-state index contributed by atoms with van der Waals surface area (Å²) in [5, 5.41) is 11.5. The van der Waals surface area contributed by atoms with Crippen molar-refractivity contribution in [1.82, 2.24) is 19.4 Å². The van der Waals surface area contributed by atoms with Crippen LogP contribution >= 0.6 is 0 Å². The predicted octanol–water partition coefficient (Wildman–Crippen LogP) is 1.36. The summed E-state index contributed by atoms with van der Waals surface area (Å²) in [6, 6.07) is 5.35. The fourth-order valence-electron chi connectivity index (χ4n) is 2.95. The standard InChI is InChI=1S/C15H15N7O2/c23-22(24)15-14(18-12-3-1-2-6-21(12)15)20-9-7-19(8-10-20)13-11-16-4-5-17-13/h1-6,11H,7-10H2. The van der Waals surface area contributed by atoms with Crippen LogP contribution in [0.5, 0.6) is 0 Å². The topological polar surface area (TPSA) is 92.7 Å². The summed E-state index contributed by atoms with van der Waals surface area (Å²) in [5.74, 6) is 1.25. The van der Waals surface area contributed by atoms with Gasteiger partial charge in [-0.15, -0.1) is 0 Å². The van der Waals surface area contributed by atoms with E-state index in [0.717, 1.165) is 5.82 Å². The van der Waals surface area contributed by atoms with Crippen molar-refractivity contribution in [1.29, 1.82) is 0 Å². The Labute approximate surface area is 137 Å². The summed E-state index contributed by atoms with van der Waals surface area (Å²) in [7, 11) is 0. The van der Waals surface area contributed by atoms with E-state index in [0.29, 0.717) is 37.6 Å². The Balaban J connectivity index is 1.61. The number of nitrogens with zero attached hydrogens (tertiary/aromatic N) is 7. The first kappa shape index (κ1) is 14.4. The molecule has 9 nitrogen and oxygen atoms in total. The maximum Gasteiger partial charge on any atom is 0.372 e. The average Bonchev–Trinajstić information content (AvgIpc) is 3.02. The molecule has 0 bridgehead atoms. The predicted molar refractivity (Wildman–Crippen MR) is 88.3 cm³/mol. The molecule has 3 aromatic heterocycles. The smallest absolute Gasteiger partial charge is 0.358 e. The van der Waals surface area contributed by atoms with Crippen molar-refractivity contribution in [3.8, 4) is 0 Å². The van der Waals surface area contributed by atoms with Crippen LogP contribution < -0.4 is 9.80 Å². The van der Waals surface area contributed by atoms with Gasteiger partial charge in [0.2, 0.25) is 11.5 Å². The summed E-state index contributed by atoms with van der Waals surface area (Å²) in [6.45, 7) is 2.70. The second-order valence-corrected chi connectivity index (χ2v) is 5.48. The molecule has 4 heterocycles. The molecule has 1 fully saturated rings. The third-order valence-corrected chi connectivity index (χ3v) is 4.11. The third kappa shape index (κ3) is 2.39. The minimum atomic E-state index is -0.371. The fraction of sp³-hybridized carbons (Fsp3) is 0.267. The van der Waals surface area contributed by atoms with E-state index >= 15 is 0 Å². The molecular formula is C15H15N7O2. The Morgan fingerprint density at radius 2 is 1.88 bits per heavy atom. The van der Waals surface area contributed by atoms with Gasteiger partial charge in [0.1, 0.15) is 5.82 Å². The van der Waals surface area contributed by atoms with Crippen LogP contribution in [0.25, 0.3) is 5.65 Å². The quantitative estimate of drug-likeness (QED) is 0.530. The number of hydrogen-bond acceptors (Lipinski definition) is 7. The summed E-state index contributed by atoms with van der Waals surface area (Å²) in [6.07, 6.45) is 6.69. The number of piperazine rings is 1. The molecule has 1 saturated heterocycles. The zero-order valence-electron chi connectivity index (χ0n) is 12.8. The third-order valence-electron chi connectivity index (χ3n) is 4.11. The molecule has 3 aromatic rings. The number of aromatic nitrogens is 4. The van der Waals surface area contributed by atoms with Crippen LogP contribution in [0.2, 0.25) is 0 Å². The zero-order valence-corrected chi connectivity index (χ0v) is 12.8. The molecule has 4 rings (SSSR count). The van der Waals surface area contributed by atoms with Crippen LogP contribution in [-0.4, -0.2) is 50.5 Å². The van der Waals surface area contributed by atoms with Crippen molar-refractivity contribution in [3.05, 3.63) is 53.1 Å². The highest BCUT2D eigenvalue weighted by atomic mass is 16.6. The first-order valence-corrected chi connectivity index (χ1v) is 7.61. The van der Waals surface area contributed by atoms with Crippen molar-refractivity contribution in [2.24, 2.45) is 0 Å². The molecule has 0 spiro atoms. The highest BCUT2D eigenvalue weighted by molar-refractivity contribution is 5.64. The fourth-order valence-corrected chi connectivity index (χ4v) is 2.95. The first-order chi connectivity index (χ1) is 11.7. The van der Waals surface area contributed by atoms with E-state index < -0.39 is 0 Å². The van der Waals surface area contributed by atoms with Gasteiger partial charge in [0.15, 0.2) is 0 Å². The van der Waals surface area contributed by atoms with Crippen molar-refractivity contribution < 1.29 is 4.92 Å².